The highest BCUT2D eigenvalue weighted by atomic mass is 16.5. The summed E-state index contributed by atoms with van der Waals surface area (Å²) in [6.45, 7) is 0. The molecule has 0 N–H and O–H groups in total. The van der Waals surface area contributed by atoms with Crippen LogP contribution in [0.4, 0.5) is 0 Å². The Bertz CT molecular complexity index is 600. The maximum absolute atomic E-state index is 12.9. The lowest BCUT2D eigenvalue weighted by molar-refractivity contribution is -0.147. The van der Waals surface area contributed by atoms with Gasteiger partial charge >= 0.3 is 5.97 Å². The standard InChI is InChI=1S/C18H20O3/c1-21-18(20)15-11-13-9-5-6-10-14(13)16(15)17(19)12-7-3-2-4-8-12/h5-7,9-10,15-16H,2-4,8,11H2,1H3. The van der Waals surface area contributed by atoms with Crippen molar-refractivity contribution < 1.29 is 14.3 Å². The number of methoxy groups -OCH3 is 1. The Hall–Kier alpha value is -1.90. The van der Waals surface area contributed by atoms with Gasteiger partial charge in [-0.1, -0.05) is 30.3 Å². The molecule has 0 spiro atoms. The molecular weight excluding hydrogens is 264 g/mol. The number of benzene rings is 1. The summed E-state index contributed by atoms with van der Waals surface area (Å²) < 4.78 is 4.92. The fourth-order valence-electron chi connectivity index (χ4n) is 3.55. The summed E-state index contributed by atoms with van der Waals surface area (Å²) in [6, 6.07) is 7.88. The number of hydrogen-bond acceptors (Lipinski definition) is 3. The SMILES string of the molecule is COC(=O)C1Cc2ccccc2C1C(=O)C1=CCCCC1. The Morgan fingerprint density at radius 3 is 2.71 bits per heavy atom. The molecule has 0 radical (unpaired) electrons. The first-order valence-corrected chi connectivity index (χ1v) is 7.61. The highest BCUT2D eigenvalue weighted by Gasteiger charge is 2.42. The van der Waals surface area contributed by atoms with Crippen LogP contribution in [-0.4, -0.2) is 18.9 Å². The Labute approximate surface area is 125 Å². The molecule has 110 valence electrons. The third-order valence-electron chi connectivity index (χ3n) is 4.63. The van der Waals surface area contributed by atoms with Crippen molar-refractivity contribution in [1.29, 1.82) is 0 Å². The van der Waals surface area contributed by atoms with Crippen LogP contribution >= 0.6 is 0 Å². The summed E-state index contributed by atoms with van der Waals surface area (Å²) in [5.41, 5.74) is 3.00. The van der Waals surface area contributed by atoms with Crippen LogP contribution in [0.3, 0.4) is 0 Å². The minimum Gasteiger partial charge on any atom is -0.469 e. The van der Waals surface area contributed by atoms with Crippen molar-refractivity contribution in [3.05, 3.63) is 47.0 Å². The molecule has 0 aromatic heterocycles. The van der Waals surface area contributed by atoms with Crippen molar-refractivity contribution in [2.24, 2.45) is 5.92 Å². The highest BCUT2D eigenvalue weighted by Crippen LogP contribution is 2.41. The van der Waals surface area contributed by atoms with Gasteiger partial charge in [-0.15, -0.1) is 0 Å². The predicted octanol–water partition coefficient (Wildman–Crippen LogP) is 3.19. The molecule has 1 aromatic carbocycles. The number of ether oxygens (including phenoxy) is 1. The second-order valence-electron chi connectivity index (χ2n) is 5.85. The first-order valence-electron chi connectivity index (χ1n) is 7.61. The van der Waals surface area contributed by atoms with Gasteiger partial charge < -0.3 is 4.74 Å². The van der Waals surface area contributed by atoms with Crippen molar-refractivity contribution in [2.75, 3.05) is 7.11 Å². The van der Waals surface area contributed by atoms with E-state index in [1.807, 2.05) is 24.3 Å². The van der Waals surface area contributed by atoms with Crippen LogP contribution in [0.5, 0.6) is 0 Å². The quantitative estimate of drug-likeness (QED) is 0.801. The summed E-state index contributed by atoms with van der Waals surface area (Å²) in [5, 5.41) is 0. The van der Waals surface area contributed by atoms with E-state index < -0.39 is 0 Å². The number of Topliss-reactive ketones (excluding diaryl/α,β-unsaturated/α-hetero) is 1. The molecule has 2 aliphatic carbocycles. The average molecular weight is 284 g/mol. The van der Waals surface area contributed by atoms with Gasteiger partial charge in [0.05, 0.1) is 18.9 Å². The Kier molecular flexibility index (Phi) is 3.91. The zero-order valence-corrected chi connectivity index (χ0v) is 12.3. The van der Waals surface area contributed by atoms with E-state index >= 15 is 0 Å². The van der Waals surface area contributed by atoms with Gasteiger partial charge in [-0.25, -0.2) is 0 Å². The van der Waals surface area contributed by atoms with Gasteiger partial charge in [0.1, 0.15) is 0 Å². The summed E-state index contributed by atoms with van der Waals surface area (Å²) in [5.74, 6) is -0.892. The molecule has 0 amide bonds. The Balaban J connectivity index is 1.97. The van der Waals surface area contributed by atoms with E-state index in [4.69, 9.17) is 4.74 Å². The van der Waals surface area contributed by atoms with Crippen molar-refractivity contribution in [3.63, 3.8) is 0 Å². The largest absolute Gasteiger partial charge is 0.469 e. The Morgan fingerprint density at radius 1 is 1.19 bits per heavy atom. The first-order chi connectivity index (χ1) is 10.2. The van der Waals surface area contributed by atoms with E-state index in [-0.39, 0.29) is 23.6 Å². The molecule has 0 bridgehead atoms. The fraction of sp³-hybridized carbons (Fsp3) is 0.444. The van der Waals surface area contributed by atoms with Gasteiger partial charge in [0.15, 0.2) is 5.78 Å². The molecule has 0 aliphatic heterocycles. The molecule has 2 unspecified atom stereocenters. The van der Waals surface area contributed by atoms with Gasteiger partial charge in [0.25, 0.3) is 0 Å². The predicted molar refractivity (Wildman–Crippen MR) is 80.0 cm³/mol. The van der Waals surface area contributed by atoms with Crippen molar-refractivity contribution in [3.8, 4) is 0 Å². The number of fused-ring (bicyclic) bond motifs is 1. The summed E-state index contributed by atoms with van der Waals surface area (Å²) in [7, 11) is 1.40. The summed E-state index contributed by atoms with van der Waals surface area (Å²) in [4.78, 5) is 25.0. The van der Waals surface area contributed by atoms with Crippen LogP contribution in [0.2, 0.25) is 0 Å². The monoisotopic (exact) mass is 284 g/mol. The van der Waals surface area contributed by atoms with Gasteiger partial charge in [0.2, 0.25) is 0 Å². The second kappa shape index (κ2) is 5.84. The molecule has 0 saturated heterocycles. The maximum atomic E-state index is 12.9. The number of carbonyl (C=O) groups is 2. The van der Waals surface area contributed by atoms with Gasteiger partial charge in [-0.2, -0.15) is 0 Å². The molecule has 3 rings (SSSR count). The molecule has 0 saturated carbocycles. The minimum atomic E-state index is -0.372. The normalized spacial score (nSPS) is 24.1. The number of rotatable bonds is 3. The lowest BCUT2D eigenvalue weighted by Crippen LogP contribution is -2.27. The maximum Gasteiger partial charge on any atom is 0.310 e. The number of carbonyl (C=O) groups excluding carboxylic acids is 2. The van der Waals surface area contributed by atoms with Crippen molar-refractivity contribution in [2.45, 2.75) is 38.0 Å². The van der Waals surface area contributed by atoms with Gasteiger partial charge in [-0.3, -0.25) is 9.59 Å². The molecule has 3 nitrogen and oxygen atoms in total. The van der Waals surface area contributed by atoms with Crippen molar-refractivity contribution in [1.82, 2.24) is 0 Å². The zero-order valence-electron chi connectivity index (χ0n) is 12.3. The van der Waals surface area contributed by atoms with Crippen LogP contribution in [0.1, 0.15) is 42.7 Å². The van der Waals surface area contributed by atoms with Gasteiger partial charge in [-0.05, 0) is 48.8 Å². The Morgan fingerprint density at radius 2 is 2.00 bits per heavy atom. The topological polar surface area (TPSA) is 43.4 Å². The molecule has 1 aromatic rings. The van der Waals surface area contributed by atoms with E-state index in [0.717, 1.165) is 42.4 Å². The van der Waals surface area contributed by atoms with Crippen LogP contribution < -0.4 is 0 Å². The van der Waals surface area contributed by atoms with E-state index in [0.29, 0.717) is 6.42 Å². The van der Waals surface area contributed by atoms with E-state index in [1.54, 1.807) is 0 Å². The van der Waals surface area contributed by atoms with E-state index in [1.165, 1.54) is 7.11 Å². The van der Waals surface area contributed by atoms with Crippen LogP contribution in [0.15, 0.2) is 35.9 Å². The van der Waals surface area contributed by atoms with E-state index in [2.05, 4.69) is 6.08 Å². The van der Waals surface area contributed by atoms with Crippen LogP contribution in [-0.2, 0) is 20.7 Å². The number of esters is 1. The number of allylic oxidation sites excluding steroid dienone is 2. The highest BCUT2D eigenvalue weighted by molar-refractivity contribution is 6.03. The fourth-order valence-corrected chi connectivity index (χ4v) is 3.55. The molecule has 2 atom stereocenters. The number of hydrogen-bond donors (Lipinski definition) is 0. The summed E-state index contributed by atoms with van der Waals surface area (Å²) in [6.07, 6.45) is 6.69. The third-order valence-corrected chi connectivity index (χ3v) is 4.63. The summed E-state index contributed by atoms with van der Waals surface area (Å²) >= 11 is 0. The van der Waals surface area contributed by atoms with E-state index in [9.17, 15) is 9.59 Å². The van der Waals surface area contributed by atoms with Gasteiger partial charge in [0, 0.05) is 0 Å². The molecule has 3 heteroatoms. The zero-order chi connectivity index (χ0) is 14.8. The first kappa shape index (κ1) is 14.1. The number of ketones is 1. The second-order valence-corrected chi connectivity index (χ2v) is 5.85. The smallest absolute Gasteiger partial charge is 0.310 e. The molecule has 2 aliphatic rings. The van der Waals surface area contributed by atoms with Crippen LogP contribution in [0, 0.1) is 5.92 Å². The lowest BCUT2D eigenvalue weighted by atomic mass is 9.82. The van der Waals surface area contributed by atoms with Crippen molar-refractivity contribution >= 4 is 11.8 Å². The van der Waals surface area contributed by atoms with Crippen LogP contribution in [0.25, 0.3) is 0 Å². The molecular formula is C18H20O3. The molecule has 21 heavy (non-hydrogen) atoms. The molecule has 0 heterocycles. The molecule has 0 fully saturated rings. The minimum absolute atomic E-state index is 0.120. The average Bonchev–Trinajstić information content (AvgIpc) is 2.93. The lowest BCUT2D eigenvalue weighted by Gasteiger charge is -2.20. The third kappa shape index (κ3) is 2.53.